The summed E-state index contributed by atoms with van der Waals surface area (Å²) in [6.45, 7) is 2.97. The van der Waals surface area contributed by atoms with Crippen LogP contribution in [0, 0.1) is 5.92 Å². The molecule has 2 atom stereocenters. The van der Waals surface area contributed by atoms with Crippen LogP contribution in [-0.4, -0.2) is 23.7 Å². The smallest absolute Gasteiger partial charge is 0.320 e. The van der Waals surface area contributed by atoms with Crippen molar-refractivity contribution in [3.8, 4) is 0 Å². The summed E-state index contributed by atoms with van der Waals surface area (Å²) in [5, 5.41) is 11.5. The van der Waals surface area contributed by atoms with Gasteiger partial charge in [-0.25, -0.2) is 0 Å². The molecule has 0 aromatic rings. The van der Waals surface area contributed by atoms with E-state index in [4.69, 9.17) is 5.11 Å². The van der Waals surface area contributed by atoms with Gasteiger partial charge in [-0.2, -0.15) is 0 Å². The van der Waals surface area contributed by atoms with E-state index in [0.717, 1.165) is 19.4 Å². The SMILES string of the molecule is C[C@@H]1CCC(C(=O)O)NC1.Cl. The van der Waals surface area contributed by atoms with E-state index in [2.05, 4.69) is 12.2 Å². The van der Waals surface area contributed by atoms with Gasteiger partial charge in [-0.1, -0.05) is 6.92 Å². The van der Waals surface area contributed by atoms with Gasteiger partial charge in [0.25, 0.3) is 0 Å². The van der Waals surface area contributed by atoms with Crippen LogP contribution in [0.1, 0.15) is 19.8 Å². The molecule has 1 heterocycles. The Morgan fingerprint density at radius 2 is 2.18 bits per heavy atom. The van der Waals surface area contributed by atoms with Crippen LogP contribution in [0.4, 0.5) is 0 Å². The van der Waals surface area contributed by atoms with Crippen molar-refractivity contribution < 1.29 is 9.90 Å². The number of halogens is 1. The highest BCUT2D eigenvalue weighted by atomic mass is 35.5. The molecule has 0 aromatic carbocycles. The molecule has 0 bridgehead atoms. The highest BCUT2D eigenvalue weighted by Crippen LogP contribution is 2.12. The molecule has 1 rings (SSSR count). The summed E-state index contributed by atoms with van der Waals surface area (Å²) in [5.74, 6) is -0.0810. The van der Waals surface area contributed by atoms with Crippen LogP contribution in [0.15, 0.2) is 0 Å². The molecule has 3 nitrogen and oxygen atoms in total. The highest BCUT2D eigenvalue weighted by Gasteiger charge is 2.22. The van der Waals surface area contributed by atoms with Gasteiger partial charge in [0.15, 0.2) is 0 Å². The van der Waals surface area contributed by atoms with Gasteiger partial charge < -0.3 is 10.4 Å². The number of rotatable bonds is 1. The number of carbonyl (C=O) groups is 1. The summed E-state index contributed by atoms with van der Waals surface area (Å²) in [4.78, 5) is 10.4. The minimum atomic E-state index is -0.716. The van der Waals surface area contributed by atoms with Gasteiger partial charge in [-0.05, 0) is 25.3 Å². The van der Waals surface area contributed by atoms with Crippen molar-refractivity contribution in [1.82, 2.24) is 5.32 Å². The number of carboxylic acid groups (broad SMARTS) is 1. The zero-order valence-corrected chi connectivity index (χ0v) is 7.36. The molecule has 0 spiro atoms. The van der Waals surface area contributed by atoms with E-state index in [9.17, 15) is 4.79 Å². The molecule has 11 heavy (non-hydrogen) atoms. The average Bonchev–Trinajstić information content (AvgIpc) is 1.88. The van der Waals surface area contributed by atoms with E-state index >= 15 is 0 Å². The van der Waals surface area contributed by atoms with Crippen molar-refractivity contribution in [2.24, 2.45) is 5.92 Å². The lowest BCUT2D eigenvalue weighted by molar-refractivity contribution is -0.140. The quantitative estimate of drug-likeness (QED) is 0.629. The van der Waals surface area contributed by atoms with Gasteiger partial charge in [0.05, 0.1) is 0 Å². The second-order valence-corrected chi connectivity index (χ2v) is 2.98. The number of hydrogen-bond acceptors (Lipinski definition) is 2. The first-order valence-corrected chi connectivity index (χ1v) is 3.66. The third kappa shape index (κ3) is 3.08. The van der Waals surface area contributed by atoms with Crippen LogP contribution in [0.2, 0.25) is 0 Å². The zero-order chi connectivity index (χ0) is 7.56. The molecule has 1 unspecified atom stereocenters. The van der Waals surface area contributed by atoms with Crippen molar-refractivity contribution in [2.75, 3.05) is 6.54 Å². The molecule has 0 amide bonds. The number of nitrogens with one attached hydrogen (secondary N) is 1. The highest BCUT2D eigenvalue weighted by molar-refractivity contribution is 5.85. The van der Waals surface area contributed by atoms with Gasteiger partial charge in [0, 0.05) is 0 Å². The maximum absolute atomic E-state index is 10.4. The van der Waals surface area contributed by atoms with Crippen LogP contribution in [0.5, 0.6) is 0 Å². The summed E-state index contributed by atoms with van der Waals surface area (Å²) >= 11 is 0. The van der Waals surface area contributed by atoms with Gasteiger partial charge >= 0.3 is 5.97 Å². The second kappa shape index (κ2) is 4.57. The number of hydrogen-bond donors (Lipinski definition) is 2. The van der Waals surface area contributed by atoms with Gasteiger partial charge in [0.2, 0.25) is 0 Å². The van der Waals surface area contributed by atoms with Crippen LogP contribution in [-0.2, 0) is 4.79 Å². The van der Waals surface area contributed by atoms with E-state index in [0.29, 0.717) is 5.92 Å². The Balaban J connectivity index is 0.000001000. The van der Waals surface area contributed by atoms with Crippen molar-refractivity contribution in [1.29, 1.82) is 0 Å². The van der Waals surface area contributed by atoms with E-state index in [1.165, 1.54) is 0 Å². The molecule has 0 radical (unpaired) electrons. The molecule has 1 aliphatic heterocycles. The number of aliphatic carboxylic acids is 1. The van der Waals surface area contributed by atoms with Gasteiger partial charge in [-0.15, -0.1) is 12.4 Å². The van der Waals surface area contributed by atoms with E-state index < -0.39 is 5.97 Å². The Bertz CT molecular complexity index is 132. The van der Waals surface area contributed by atoms with Crippen molar-refractivity contribution in [2.45, 2.75) is 25.8 Å². The molecular weight excluding hydrogens is 166 g/mol. The second-order valence-electron chi connectivity index (χ2n) is 2.98. The Hall–Kier alpha value is -0.280. The van der Waals surface area contributed by atoms with Crippen LogP contribution >= 0.6 is 12.4 Å². The molecular formula is C7H14ClNO2. The first kappa shape index (κ1) is 10.7. The van der Waals surface area contributed by atoms with E-state index in [1.54, 1.807) is 0 Å². The molecule has 1 aliphatic rings. The van der Waals surface area contributed by atoms with E-state index in [1.807, 2.05) is 0 Å². The Morgan fingerprint density at radius 1 is 1.55 bits per heavy atom. The standard InChI is InChI=1S/C7H13NO2.ClH/c1-5-2-3-6(7(9)10)8-4-5;/h5-6,8H,2-4H2,1H3,(H,9,10);1H/t5-,6?;/m1./s1. The van der Waals surface area contributed by atoms with Crippen molar-refractivity contribution in [3.05, 3.63) is 0 Å². The summed E-state index contributed by atoms with van der Waals surface area (Å²) < 4.78 is 0. The predicted octanol–water partition coefficient (Wildman–Crippen LogP) is 0.881. The molecule has 0 aliphatic carbocycles. The summed E-state index contributed by atoms with van der Waals surface area (Å²) in [6.07, 6.45) is 1.81. The monoisotopic (exact) mass is 179 g/mol. The molecule has 0 aromatic heterocycles. The first-order valence-electron chi connectivity index (χ1n) is 3.66. The topological polar surface area (TPSA) is 49.3 Å². The van der Waals surface area contributed by atoms with Crippen LogP contribution in [0.3, 0.4) is 0 Å². The fourth-order valence-electron chi connectivity index (χ4n) is 1.21. The van der Waals surface area contributed by atoms with Gasteiger partial charge in [0.1, 0.15) is 6.04 Å². The number of carboxylic acids is 1. The Morgan fingerprint density at radius 3 is 2.55 bits per heavy atom. The minimum absolute atomic E-state index is 0. The van der Waals surface area contributed by atoms with Gasteiger partial charge in [-0.3, -0.25) is 4.79 Å². The molecule has 2 N–H and O–H groups in total. The molecule has 1 saturated heterocycles. The normalized spacial score (nSPS) is 30.6. The minimum Gasteiger partial charge on any atom is -0.480 e. The fourth-order valence-corrected chi connectivity index (χ4v) is 1.21. The molecule has 66 valence electrons. The van der Waals surface area contributed by atoms with Crippen molar-refractivity contribution >= 4 is 18.4 Å². The fraction of sp³-hybridized carbons (Fsp3) is 0.857. The summed E-state index contributed by atoms with van der Waals surface area (Å²) in [6, 6.07) is -0.295. The predicted molar refractivity (Wildman–Crippen MR) is 45.1 cm³/mol. The Labute approximate surface area is 72.6 Å². The lowest BCUT2D eigenvalue weighted by atomic mass is 9.97. The van der Waals surface area contributed by atoms with E-state index in [-0.39, 0.29) is 18.4 Å². The maximum Gasteiger partial charge on any atom is 0.320 e. The van der Waals surface area contributed by atoms with Crippen LogP contribution in [0.25, 0.3) is 0 Å². The van der Waals surface area contributed by atoms with Crippen molar-refractivity contribution in [3.63, 3.8) is 0 Å². The Kier molecular flexibility index (Phi) is 4.45. The molecule has 0 saturated carbocycles. The lowest BCUT2D eigenvalue weighted by Crippen LogP contribution is -2.43. The molecule has 1 fully saturated rings. The lowest BCUT2D eigenvalue weighted by Gasteiger charge is -2.24. The van der Waals surface area contributed by atoms with Crippen LogP contribution < -0.4 is 5.32 Å². The third-order valence-corrected chi connectivity index (χ3v) is 1.96. The molecule has 4 heteroatoms. The summed E-state index contributed by atoms with van der Waals surface area (Å²) in [7, 11) is 0. The third-order valence-electron chi connectivity index (χ3n) is 1.96. The largest absolute Gasteiger partial charge is 0.480 e. The summed E-state index contributed by atoms with van der Waals surface area (Å²) in [5.41, 5.74) is 0. The first-order chi connectivity index (χ1) is 4.70. The maximum atomic E-state index is 10.4. The average molecular weight is 180 g/mol. The number of piperidine rings is 1. The zero-order valence-electron chi connectivity index (χ0n) is 6.54.